The van der Waals surface area contributed by atoms with Crippen LogP contribution in [-0.2, 0) is 0 Å². The maximum atomic E-state index is 12.1. The number of ether oxygens (including phenoxy) is 1. The van der Waals surface area contributed by atoms with Crippen molar-refractivity contribution in [2.75, 3.05) is 20.3 Å². The molecule has 0 bridgehead atoms. The molecule has 0 saturated heterocycles. The highest BCUT2D eigenvalue weighted by molar-refractivity contribution is 14.1. The molecule has 0 saturated carbocycles. The smallest absolute Gasteiger partial charge is 0.255 e. The van der Waals surface area contributed by atoms with Gasteiger partial charge in [-0.05, 0) is 41.6 Å². The molecule has 1 rings (SSSR count). The fourth-order valence-corrected chi connectivity index (χ4v) is 1.95. The van der Waals surface area contributed by atoms with Crippen LogP contribution in [0.5, 0.6) is 5.75 Å². The fraction of sp³-hybridized carbons (Fsp3) is 0.417. The Kier molecular flexibility index (Phi) is 5.84. The fourth-order valence-electron chi connectivity index (χ4n) is 1.35. The number of benzene rings is 1. The lowest BCUT2D eigenvalue weighted by molar-refractivity contribution is 0.0721. The number of aliphatic hydroxyl groups is 2. The predicted octanol–water partition coefficient (Wildman–Crippen LogP) is 1.43. The monoisotopic (exact) mass is 399 g/mol. The van der Waals surface area contributed by atoms with Gasteiger partial charge in [-0.15, -0.1) is 0 Å². The van der Waals surface area contributed by atoms with Crippen LogP contribution in [0.1, 0.15) is 17.3 Å². The van der Waals surface area contributed by atoms with Gasteiger partial charge in [-0.1, -0.05) is 11.6 Å². The second-order valence-corrected chi connectivity index (χ2v) is 5.87. The summed E-state index contributed by atoms with van der Waals surface area (Å²) in [6, 6.07) is 3.14. The van der Waals surface area contributed by atoms with E-state index in [1.165, 1.54) is 20.1 Å². The molecule has 19 heavy (non-hydrogen) atoms. The van der Waals surface area contributed by atoms with Crippen LogP contribution in [0.4, 0.5) is 0 Å². The van der Waals surface area contributed by atoms with Crippen molar-refractivity contribution < 1.29 is 19.7 Å². The van der Waals surface area contributed by atoms with E-state index in [1.54, 1.807) is 6.07 Å². The van der Waals surface area contributed by atoms with E-state index in [-0.39, 0.29) is 18.8 Å². The van der Waals surface area contributed by atoms with Crippen LogP contribution in [0.3, 0.4) is 0 Å². The number of amides is 1. The van der Waals surface area contributed by atoms with E-state index < -0.39 is 11.4 Å². The average molecular weight is 400 g/mol. The molecule has 0 aliphatic heterocycles. The van der Waals surface area contributed by atoms with Gasteiger partial charge in [-0.2, -0.15) is 0 Å². The van der Waals surface area contributed by atoms with E-state index in [2.05, 4.69) is 5.32 Å². The topological polar surface area (TPSA) is 78.8 Å². The van der Waals surface area contributed by atoms with E-state index in [4.69, 9.17) is 16.3 Å². The van der Waals surface area contributed by atoms with Crippen LogP contribution in [-0.4, -0.2) is 42.0 Å². The van der Waals surface area contributed by atoms with Gasteiger partial charge in [0.2, 0.25) is 0 Å². The molecular weight excluding hydrogens is 384 g/mol. The van der Waals surface area contributed by atoms with Crippen molar-refractivity contribution in [3.8, 4) is 5.75 Å². The first-order valence-corrected chi connectivity index (χ1v) is 6.90. The zero-order valence-corrected chi connectivity index (χ0v) is 13.4. The highest BCUT2D eigenvalue weighted by Gasteiger charge is 2.26. The van der Waals surface area contributed by atoms with Gasteiger partial charge >= 0.3 is 0 Å². The molecule has 0 aromatic heterocycles. The third-order valence-electron chi connectivity index (χ3n) is 2.60. The Morgan fingerprint density at radius 3 is 2.53 bits per heavy atom. The molecule has 3 N–H and O–H groups in total. The molecule has 0 heterocycles. The molecule has 0 fully saturated rings. The second kappa shape index (κ2) is 6.74. The van der Waals surface area contributed by atoms with Crippen molar-refractivity contribution in [3.05, 3.63) is 26.3 Å². The Bertz CT molecular complexity index is 477. The Hall–Kier alpha value is -0.570. The highest BCUT2D eigenvalue weighted by atomic mass is 127. The molecule has 1 aromatic carbocycles. The van der Waals surface area contributed by atoms with Gasteiger partial charge in [0.05, 0.1) is 36.4 Å². The number of rotatable bonds is 5. The van der Waals surface area contributed by atoms with Gasteiger partial charge in [-0.25, -0.2) is 0 Å². The quantitative estimate of drug-likeness (QED) is 0.655. The standard InChI is InChI=1S/C12H15ClINO4/c1-12(5-16,6-17)15-11(18)7-3-8(13)9(14)4-10(7)19-2/h3-4,16-17H,5-6H2,1-2H3,(H,15,18). The number of hydrogen-bond acceptors (Lipinski definition) is 4. The third-order valence-corrected chi connectivity index (χ3v) is 4.12. The number of aliphatic hydroxyl groups excluding tert-OH is 2. The van der Waals surface area contributed by atoms with Gasteiger partial charge in [0.1, 0.15) is 5.75 Å². The van der Waals surface area contributed by atoms with E-state index >= 15 is 0 Å². The predicted molar refractivity (Wildman–Crippen MR) is 80.8 cm³/mol. The zero-order chi connectivity index (χ0) is 14.6. The van der Waals surface area contributed by atoms with Crippen LogP contribution in [0.2, 0.25) is 5.02 Å². The Labute approximate surface area is 130 Å². The summed E-state index contributed by atoms with van der Waals surface area (Å²) in [5, 5.41) is 21.3. The number of hydrogen-bond donors (Lipinski definition) is 3. The maximum Gasteiger partial charge on any atom is 0.255 e. The van der Waals surface area contributed by atoms with Crippen molar-refractivity contribution in [2.45, 2.75) is 12.5 Å². The Morgan fingerprint density at radius 2 is 2.05 bits per heavy atom. The van der Waals surface area contributed by atoms with Crippen LogP contribution in [0.25, 0.3) is 0 Å². The van der Waals surface area contributed by atoms with E-state index in [0.29, 0.717) is 10.8 Å². The van der Waals surface area contributed by atoms with Crippen LogP contribution in [0.15, 0.2) is 12.1 Å². The third kappa shape index (κ3) is 3.95. The highest BCUT2D eigenvalue weighted by Crippen LogP contribution is 2.28. The van der Waals surface area contributed by atoms with Gasteiger partial charge in [0, 0.05) is 3.57 Å². The summed E-state index contributed by atoms with van der Waals surface area (Å²) >= 11 is 8.02. The lowest BCUT2D eigenvalue weighted by Gasteiger charge is -2.26. The molecule has 5 nitrogen and oxygen atoms in total. The first kappa shape index (κ1) is 16.5. The van der Waals surface area contributed by atoms with Crippen molar-refractivity contribution >= 4 is 40.1 Å². The molecule has 1 aromatic rings. The molecule has 7 heteroatoms. The van der Waals surface area contributed by atoms with Crippen molar-refractivity contribution in [1.82, 2.24) is 5.32 Å². The average Bonchev–Trinajstić information content (AvgIpc) is 2.40. The number of carbonyl (C=O) groups excluding carboxylic acids is 1. The summed E-state index contributed by atoms with van der Waals surface area (Å²) in [5.74, 6) is -0.0923. The van der Waals surface area contributed by atoms with Crippen molar-refractivity contribution in [3.63, 3.8) is 0 Å². The van der Waals surface area contributed by atoms with Crippen molar-refractivity contribution in [1.29, 1.82) is 0 Å². The SMILES string of the molecule is COc1cc(I)c(Cl)cc1C(=O)NC(C)(CO)CO. The summed E-state index contributed by atoms with van der Waals surface area (Å²) < 4.78 is 5.90. The lowest BCUT2D eigenvalue weighted by Crippen LogP contribution is -2.51. The van der Waals surface area contributed by atoms with Gasteiger partial charge in [-0.3, -0.25) is 4.79 Å². The summed E-state index contributed by atoms with van der Waals surface area (Å²) in [6.45, 7) is 0.775. The van der Waals surface area contributed by atoms with E-state index in [9.17, 15) is 15.0 Å². The van der Waals surface area contributed by atoms with Gasteiger partial charge < -0.3 is 20.3 Å². The number of carbonyl (C=O) groups is 1. The van der Waals surface area contributed by atoms with E-state index in [0.717, 1.165) is 3.57 Å². The Morgan fingerprint density at radius 1 is 1.47 bits per heavy atom. The minimum absolute atomic E-state index is 0.251. The largest absolute Gasteiger partial charge is 0.496 e. The zero-order valence-electron chi connectivity index (χ0n) is 10.5. The first-order chi connectivity index (χ1) is 8.86. The Balaban J connectivity index is 3.09. The lowest BCUT2D eigenvalue weighted by atomic mass is 10.0. The molecule has 0 aliphatic rings. The molecule has 0 spiro atoms. The first-order valence-electron chi connectivity index (χ1n) is 5.44. The summed E-state index contributed by atoms with van der Waals surface area (Å²) in [7, 11) is 1.45. The van der Waals surface area contributed by atoms with Crippen LogP contribution in [0, 0.1) is 3.57 Å². The maximum absolute atomic E-state index is 12.1. The second-order valence-electron chi connectivity index (χ2n) is 4.30. The molecule has 0 aliphatic carbocycles. The summed E-state index contributed by atoms with van der Waals surface area (Å²) in [5.41, 5.74) is -0.849. The molecule has 1 amide bonds. The number of halogens is 2. The number of methoxy groups -OCH3 is 1. The molecular formula is C12H15ClINO4. The van der Waals surface area contributed by atoms with E-state index in [1.807, 2.05) is 22.6 Å². The van der Waals surface area contributed by atoms with Gasteiger partial charge in [0.25, 0.3) is 5.91 Å². The van der Waals surface area contributed by atoms with Gasteiger partial charge in [0.15, 0.2) is 0 Å². The molecule has 0 unspecified atom stereocenters. The van der Waals surface area contributed by atoms with Crippen LogP contribution >= 0.6 is 34.2 Å². The summed E-state index contributed by atoms with van der Waals surface area (Å²) in [4.78, 5) is 12.1. The molecule has 106 valence electrons. The van der Waals surface area contributed by atoms with Crippen LogP contribution < -0.4 is 10.1 Å². The number of nitrogens with one attached hydrogen (secondary N) is 1. The summed E-state index contributed by atoms with van der Waals surface area (Å²) in [6.07, 6.45) is 0. The van der Waals surface area contributed by atoms with Crippen molar-refractivity contribution in [2.24, 2.45) is 0 Å². The normalized spacial score (nSPS) is 11.3. The molecule has 0 radical (unpaired) electrons. The minimum Gasteiger partial charge on any atom is -0.496 e. The molecule has 0 atom stereocenters. The minimum atomic E-state index is -1.10.